The number of hydrogen-bond donors (Lipinski definition) is 0. The Balaban J connectivity index is 3.48. The van der Waals surface area contributed by atoms with Crippen molar-refractivity contribution >= 4 is 23.2 Å². The van der Waals surface area contributed by atoms with Crippen LogP contribution in [0.3, 0.4) is 0 Å². The van der Waals surface area contributed by atoms with Crippen LogP contribution in [0.4, 0.5) is 0 Å². The number of rotatable bonds is 3. The van der Waals surface area contributed by atoms with E-state index in [1.165, 1.54) is 0 Å². The zero-order valence-corrected chi connectivity index (χ0v) is 6.78. The van der Waals surface area contributed by atoms with Gasteiger partial charge in [-0.25, -0.2) is 6.57 Å². The highest BCUT2D eigenvalue weighted by Crippen LogP contribution is 2.15. The summed E-state index contributed by atoms with van der Waals surface area (Å²) < 4.78 is 0. The summed E-state index contributed by atoms with van der Waals surface area (Å²) in [6, 6.07) is 0. The third-order valence-corrected chi connectivity index (χ3v) is 1.97. The molecule has 0 aromatic heterocycles. The molecule has 9 heavy (non-hydrogen) atoms. The molecule has 0 N–H and O–H groups in total. The van der Waals surface area contributed by atoms with Gasteiger partial charge in [0.1, 0.15) is 5.38 Å². The van der Waals surface area contributed by atoms with Crippen LogP contribution in [0.25, 0.3) is 4.85 Å². The largest absolute Gasteiger partial charge is 0.313 e. The van der Waals surface area contributed by atoms with Crippen molar-refractivity contribution in [2.75, 3.05) is 0 Å². The van der Waals surface area contributed by atoms with Crippen LogP contribution in [-0.4, -0.2) is 10.9 Å². The van der Waals surface area contributed by atoms with Gasteiger partial charge in [0.15, 0.2) is 0 Å². The summed E-state index contributed by atoms with van der Waals surface area (Å²) in [5.41, 5.74) is -0.549. The SMILES string of the molecule is [C-]#[N+]C(Cl)C(Cl)CCC. The smallest absolute Gasteiger partial charge is 0.294 e. The molecule has 0 fully saturated rings. The normalized spacial score (nSPS) is 16.2. The van der Waals surface area contributed by atoms with E-state index in [0.717, 1.165) is 12.8 Å². The summed E-state index contributed by atoms with van der Waals surface area (Å²) in [4.78, 5) is 3.09. The fourth-order valence-corrected chi connectivity index (χ4v) is 0.895. The Morgan fingerprint density at radius 2 is 2.11 bits per heavy atom. The van der Waals surface area contributed by atoms with Crippen molar-refractivity contribution in [3.63, 3.8) is 0 Å². The average Bonchev–Trinajstić information content (AvgIpc) is 1.87. The third kappa shape index (κ3) is 3.61. The lowest BCUT2D eigenvalue weighted by molar-refractivity contribution is 0.741. The van der Waals surface area contributed by atoms with E-state index in [2.05, 4.69) is 4.85 Å². The van der Waals surface area contributed by atoms with Crippen LogP contribution >= 0.6 is 23.2 Å². The van der Waals surface area contributed by atoms with Crippen molar-refractivity contribution in [1.82, 2.24) is 0 Å². The van der Waals surface area contributed by atoms with E-state index >= 15 is 0 Å². The van der Waals surface area contributed by atoms with Gasteiger partial charge in [-0.05, 0) is 18.0 Å². The molecule has 2 atom stereocenters. The summed E-state index contributed by atoms with van der Waals surface area (Å²) in [6.07, 6.45) is 1.80. The predicted molar refractivity (Wildman–Crippen MR) is 40.8 cm³/mol. The number of nitrogens with zero attached hydrogens (tertiary/aromatic N) is 1. The standard InChI is InChI=1S/C6H9Cl2N/c1-3-4-5(7)6(8)9-2/h5-6H,3-4H2,1H3. The van der Waals surface area contributed by atoms with Gasteiger partial charge in [0.2, 0.25) is 0 Å². The van der Waals surface area contributed by atoms with Crippen LogP contribution < -0.4 is 0 Å². The maximum Gasteiger partial charge on any atom is 0.313 e. The predicted octanol–water partition coefficient (Wildman–Crippen LogP) is 2.88. The van der Waals surface area contributed by atoms with E-state index in [4.69, 9.17) is 29.8 Å². The molecule has 0 rings (SSSR count). The molecular weight excluding hydrogens is 157 g/mol. The fourth-order valence-electron chi connectivity index (χ4n) is 0.494. The maximum absolute atomic E-state index is 6.53. The quantitative estimate of drug-likeness (QED) is 0.345. The van der Waals surface area contributed by atoms with E-state index in [0.29, 0.717) is 0 Å². The van der Waals surface area contributed by atoms with E-state index in [-0.39, 0.29) is 5.38 Å². The summed E-state index contributed by atoms with van der Waals surface area (Å²) in [5, 5.41) is -0.186. The number of alkyl halides is 2. The van der Waals surface area contributed by atoms with Crippen molar-refractivity contribution in [3.8, 4) is 0 Å². The van der Waals surface area contributed by atoms with Crippen LogP contribution in [0.15, 0.2) is 0 Å². The molecule has 0 aromatic rings. The molecule has 0 bridgehead atoms. The first-order valence-corrected chi connectivity index (χ1v) is 3.74. The van der Waals surface area contributed by atoms with Gasteiger partial charge in [-0.1, -0.05) is 13.3 Å². The number of halogens is 2. The Morgan fingerprint density at radius 3 is 2.44 bits per heavy atom. The average molecular weight is 166 g/mol. The summed E-state index contributed by atoms with van der Waals surface area (Å²) >= 11 is 11.2. The molecule has 0 aromatic carbocycles. The van der Waals surface area contributed by atoms with Crippen molar-refractivity contribution in [2.45, 2.75) is 30.6 Å². The van der Waals surface area contributed by atoms with Crippen molar-refractivity contribution in [2.24, 2.45) is 0 Å². The van der Waals surface area contributed by atoms with Gasteiger partial charge in [-0.15, -0.1) is 11.6 Å². The lowest BCUT2D eigenvalue weighted by atomic mass is 10.2. The molecule has 0 aliphatic heterocycles. The molecule has 1 nitrogen and oxygen atoms in total. The molecule has 0 amide bonds. The van der Waals surface area contributed by atoms with Crippen molar-refractivity contribution < 1.29 is 0 Å². The molecule has 2 unspecified atom stereocenters. The minimum atomic E-state index is -0.549. The van der Waals surface area contributed by atoms with Crippen LogP contribution in [-0.2, 0) is 0 Å². The highest BCUT2D eigenvalue weighted by Gasteiger charge is 2.18. The summed E-state index contributed by atoms with van der Waals surface area (Å²) in [5.74, 6) is 0. The first-order chi connectivity index (χ1) is 4.22. The zero-order valence-electron chi connectivity index (χ0n) is 5.27. The van der Waals surface area contributed by atoms with E-state index in [9.17, 15) is 0 Å². The van der Waals surface area contributed by atoms with Gasteiger partial charge in [0.05, 0.1) is 0 Å². The molecule has 52 valence electrons. The van der Waals surface area contributed by atoms with E-state index < -0.39 is 5.50 Å². The third-order valence-electron chi connectivity index (χ3n) is 0.986. The molecule has 0 saturated carbocycles. The number of hydrogen-bond acceptors (Lipinski definition) is 0. The van der Waals surface area contributed by atoms with Crippen LogP contribution in [0, 0.1) is 6.57 Å². The molecule has 0 heterocycles. The Morgan fingerprint density at radius 1 is 1.56 bits per heavy atom. The van der Waals surface area contributed by atoms with Gasteiger partial charge in [0, 0.05) is 0 Å². The summed E-state index contributed by atoms with van der Waals surface area (Å²) in [7, 11) is 0. The van der Waals surface area contributed by atoms with Crippen LogP contribution in [0.5, 0.6) is 0 Å². The Labute approximate surface area is 65.8 Å². The Hall–Kier alpha value is 0.0700. The monoisotopic (exact) mass is 165 g/mol. The van der Waals surface area contributed by atoms with Crippen molar-refractivity contribution in [1.29, 1.82) is 0 Å². The van der Waals surface area contributed by atoms with E-state index in [1.54, 1.807) is 0 Å². The lowest BCUT2D eigenvalue weighted by Crippen LogP contribution is -2.09. The molecule has 0 aliphatic carbocycles. The molecule has 0 spiro atoms. The van der Waals surface area contributed by atoms with Gasteiger partial charge in [0.25, 0.3) is 0 Å². The van der Waals surface area contributed by atoms with Gasteiger partial charge in [-0.2, -0.15) is 0 Å². The maximum atomic E-state index is 6.53. The fraction of sp³-hybridized carbons (Fsp3) is 0.833. The second kappa shape index (κ2) is 4.90. The van der Waals surface area contributed by atoms with Gasteiger partial charge < -0.3 is 0 Å². The Bertz CT molecular complexity index is 108. The minimum Gasteiger partial charge on any atom is -0.294 e. The highest BCUT2D eigenvalue weighted by molar-refractivity contribution is 6.30. The molecule has 0 aliphatic rings. The Kier molecular flexibility index (Phi) is 4.94. The topological polar surface area (TPSA) is 4.36 Å². The lowest BCUT2D eigenvalue weighted by Gasteiger charge is -2.02. The highest BCUT2D eigenvalue weighted by atomic mass is 35.5. The second-order valence-electron chi connectivity index (χ2n) is 1.81. The van der Waals surface area contributed by atoms with Crippen LogP contribution in [0.1, 0.15) is 19.8 Å². The molecule has 0 radical (unpaired) electrons. The van der Waals surface area contributed by atoms with Crippen LogP contribution in [0.2, 0.25) is 0 Å². The molecular formula is C6H9Cl2N. The van der Waals surface area contributed by atoms with Gasteiger partial charge >= 0.3 is 5.50 Å². The van der Waals surface area contributed by atoms with Gasteiger partial charge in [-0.3, -0.25) is 4.85 Å². The van der Waals surface area contributed by atoms with E-state index in [1.807, 2.05) is 6.92 Å². The second-order valence-corrected chi connectivity index (χ2v) is 2.81. The molecule has 0 saturated heterocycles. The summed E-state index contributed by atoms with van der Waals surface area (Å²) in [6.45, 7) is 8.54. The van der Waals surface area contributed by atoms with Crippen molar-refractivity contribution in [3.05, 3.63) is 11.4 Å². The first-order valence-electron chi connectivity index (χ1n) is 2.87. The first kappa shape index (κ1) is 9.07. The zero-order chi connectivity index (χ0) is 7.28. The minimum absolute atomic E-state index is 0.186. The molecule has 3 heteroatoms.